The first-order chi connectivity index (χ1) is 7.81. The number of aromatic amines is 1. The Morgan fingerprint density at radius 1 is 1.44 bits per heavy atom. The molecule has 0 unspecified atom stereocenters. The highest BCUT2D eigenvalue weighted by Crippen LogP contribution is 2.13. The number of carbonyl (C=O) groups is 1. The van der Waals surface area contributed by atoms with E-state index in [-0.39, 0.29) is 5.82 Å². The summed E-state index contributed by atoms with van der Waals surface area (Å²) in [5.74, 6) is -0.593. The highest BCUT2D eigenvalue weighted by molar-refractivity contribution is 6.02. The third-order valence-electron chi connectivity index (χ3n) is 1.84. The van der Waals surface area contributed by atoms with Crippen molar-refractivity contribution in [3.63, 3.8) is 0 Å². The summed E-state index contributed by atoms with van der Waals surface area (Å²) >= 11 is 0. The van der Waals surface area contributed by atoms with E-state index in [2.05, 4.69) is 25.9 Å². The Labute approximate surface area is 90.1 Å². The van der Waals surface area contributed by atoms with E-state index in [1.54, 1.807) is 24.3 Å². The standard InChI is InChI=1S/C9H6N6O/c10-5-6-3-1-2-4-7(6)11-9(16)8-12-14-15-13-8/h1-4H,(H,11,16)(H,12,13,14,15). The molecule has 0 aliphatic heterocycles. The van der Waals surface area contributed by atoms with E-state index < -0.39 is 5.91 Å². The number of nitrogens with zero attached hydrogens (tertiary/aromatic N) is 4. The van der Waals surface area contributed by atoms with Crippen LogP contribution in [-0.4, -0.2) is 26.5 Å². The van der Waals surface area contributed by atoms with Gasteiger partial charge >= 0.3 is 0 Å². The predicted octanol–water partition coefficient (Wildman–Crippen LogP) is 0.324. The molecule has 1 aromatic carbocycles. The maximum Gasteiger partial charge on any atom is 0.297 e. The van der Waals surface area contributed by atoms with Crippen molar-refractivity contribution in [1.29, 1.82) is 5.26 Å². The van der Waals surface area contributed by atoms with Gasteiger partial charge in [0.05, 0.1) is 11.3 Å². The van der Waals surface area contributed by atoms with Crippen molar-refractivity contribution in [2.45, 2.75) is 0 Å². The Hall–Kier alpha value is -2.75. The number of hydrogen-bond acceptors (Lipinski definition) is 5. The third kappa shape index (κ3) is 1.85. The van der Waals surface area contributed by atoms with Crippen molar-refractivity contribution >= 4 is 11.6 Å². The lowest BCUT2D eigenvalue weighted by molar-refractivity contribution is 0.101. The van der Waals surface area contributed by atoms with Gasteiger partial charge in [0, 0.05) is 0 Å². The monoisotopic (exact) mass is 214 g/mol. The zero-order chi connectivity index (χ0) is 11.4. The number of hydrogen-bond donors (Lipinski definition) is 2. The number of tetrazole rings is 1. The van der Waals surface area contributed by atoms with Crippen LogP contribution in [0, 0.1) is 11.3 Å². The molecule has 0 aliphatic carbocycles. The second-order valence-corrected chi connectivity index (χ2v) is 2.85. The van der Waals surface area contributed by atoms with E-state index in [4.69, 9.17) is 5.26 Å². The molecule has 0 spiro atoms. The molecular formula is C9H6N6O. The van der Waals surface area contributed by atoms with Crippen molar-refractivity contribution in [3.05, 3.63) is 35.7 Å². The second kappa shape index (κ2) is 4.18. The molecule has 2 N–H and O–H groups in total. The minimum Gasteiger partial charge on any atom is -0.318 e. The summed E-state index contributed by atoms with van der Waals surface area (Å²) in [5, 5.41) is 23.8. The lowest BCUT2D eigenvalue weighted by atomic mass is 10.2. The summed E-state index contributed by atoms with van der Waals surface area (Å²) in [6, 6.07) is 8.62. The Kier molecular flexibility index (Phi) is 2.56. The highest BCUT2D eigenvalue weighted by Gasteiger charge is 2.12. The van der Waals surface area contributed by atoms with Crippen LogP contribution >= 0.6 is 0 Å². The van der Waals surface area contributed by atoms with Gasteiger partial charge in [-0.05, 0) is 17.3 Å². The fourth-order valence-electron chi connectivity index (χ4n) is 1.13. The topological polar surface area (TPSA) is 107 Å². The molecule has 1 heterocycles. The first-order valence-corrected chi connectivity index (χ1v) is 4.35. The summed E-state index contributed by atoms with van der Waals surface area (Å²) in [4.78, 5) is 11.5. The molecule has 1 amide bonds. The Morgan fingerprint density at radius 2 is 2.25 bits per heavy atom. The maximum absolute atomic E-state index is 11.5. The van der Waals surface area contributed by atoms with E-state index in [9.17, 15) is 4.79 Å². The number of benzene rings is 1. The molecular weight excluding hydrogens is 208 g/mol. The Bertz CT molecular complexity index is 541. The van der Waals surface area contributed by atoms with Gasteiger partial charge in [0.25, 0.3) is 11.7 Å². The van der Waals surface area contributed by atoms with Gasteiger partial charge < -0.3 is 5.32 Å². The van der Waals surface area contributed by atoms with Crippen LogP contribution in [0.4, 0.5) is 5.69 Å². The van der Waals surface area contributed by atoms with E-state index in [0.29, 0.717) is 11.3 Å². The minimum atomic E-state index is -0.517. The van der Waals surface area contributed by atoms with Gasteiger partial charge in [0.15, 0.2) is 0 Å². The lowest BCUT2D eigenvalue weighted by Gasteiger charge is -2.03. The van der Waals surface area contributed by atoms with Crippen molar-refractivity contribution in [1.82, 2.24) is 20.6 Å². The van der Waals surface area contributed by atoms with Gasteiger partial charge in [0.1, 0.15) is 6.07 Å². The average molecular weight is 214 g/mol. The van der Waals surface area contributed by atoms with Gasteiger partial charge in [-0.2, -0.15) is 10.5 Å². The molecule has 0 saturated carbocycles. The number of anilines is 1. The van der Waals surface area contributed by atoms with Gasteiger partial charge in [-0.25, -0.2) is 0 Å². The molecule has 16 heavy (non-hydrogen) atoms. The van der Waals surface area contributed by atoms with Crippen LogP contribution in [0.15, 0.2) is 24.3 Å². The zero-order valence-electron chi connectivity index (χ0n) is 8.01. The van der Waals surface area contributed by atoms with Gasteiger partial charge in [-0.1, -0.05) is 12.1 Å². The molecule has 7 nitrogen and oxygen atoms in total. The van der Waals surface area contributed by atoms with Gasteiger partial charge in [-0.15, -0.1) is 10.2 Å². The first kappa shape index (κ1) is 9.79. The summed E-state index contributed by atoms with van der Waals surface area (Å²) in [7, 11) is 0. The molecule has 2 aromatic rings. The van der Waals surface area contributed by atoms with Crippen molar-refractivity contribution < 1.29 is 4.79 Å². The van der Waals surface area contributed by atoms with Crippen LogP contribution in [-0.2, 0) is 0 Å². The molecule has 1 aromatic heterocycles. The smallest absolute Gasteiger partial charge is 0.297 e. The summed E-state index contributed by atoms with van der Waals surface area (Å²) in [5.41, 5.74) is 0.791. The minimum absolute atomic E-state index is 0.0762. The lowest BCUT2D eigenvalue weighted by Crippen LogP contribution is -2.14. The number of aromatic nitrogens is 4. The fourth-order valence-corrected chi connectivity index (χ4v) is 1.13. The molecule has 0 fully saturated rings. The van der Waals surface area contributed by atoms with Gasteiger partial charge in [0.2, 0.25) is 0 Å². The normalized spacial score (nSPS) is 9.44. The van der Waals surface area contributed by atoms with Crippen molar-refractivity contribution in [2.24, 2.45) is 0 Å². The molecule has 0 bridgehead atoms. The molecule has 0 saturated heterocycles. The summed E-state index contributed by atoms with van der Waals surface area (Å²) in [6.45, 7) is 0. The van der Waals surface area contributed by atoms with E-state index in [1.807, 2.05) is 6.07 Å². The third-order valence-corrected chi connectivity index (χ3v) is 1.84. The fraction of sp³-hybridized carbons (Fsp3) is 0. The quantitative estimate of drug-likeness (QED) is 0.748. The number of para-hydroxylation sites is 1. The average Bonchev–Trinajstić information content (AvgIpc) is 2.83. The number of nitrogens with one attached hydrogen (secondary N) is 2. The number of amides is 1. The molecule has 2 rings (SSSR count). The Morgan fingerprint density at radius 3 is 2.94 bits per heavy atom. The molecule has 0 aliphatic rings. The predicted molar refractivity (Wildman–Crippen MR) is 53.3 cm³/mol. The van der Waals surface area contributed by atoms with E-state index in [0.717, 1.165) is 0 Å². The zero-order valence-corrected chi connectivity index (χ0v) is 8.01. The molecule has 0 radical (unpaired) electrons. The van der Waals surface area contributed by atoms with E-state index in [1.165, 1.54) is 0 Å². The summed E-state index contributed by atoms with van der Waals surface area (Å²) < 4.78 is 0. The summed E-state index contributed by atoms with van der Waals surface area (Å²) in [6.07, 6.45) is 0. The first-order valence-electron chi connectivity index (χ1n) is 4.35. The van der Waals surface area contributed by atoms with Crippen LogP contribution in [0.25, 0.3) is 0 Å². The Balaban J connectivity index is 2.22. The van der Waals surface area contributed by atoms with Crippen LogP contribution in [0.5, 0.6) is 0 Å². The van der Waals surface area contributed by atoms with Crippen molar-refractivity contribution in [3.8, 4) is 6.07 Å². The molecule has 78 valence electrons. The number of carbonyl (C=O) groups excluding carboxylic acids is 1. The highest BCUT2D eigenvalue weighted by atomic mass is 16.2. The van der Waals surface area contributed by atoms with Crippen molar-refractivity contribution in [2.75, 3.05) is 5.32 Å². The van der Waals surface area contributed by atoms with Crippen LogP contribution in [0.3, 0.4) is 0 Å². The van der Waals surface area contributed by atoms with Crippen LogP contribution in [0.2, 0.25) is 0 Å². The van der Waals surface area contributed by atoms with Gasteiger partial charge in [-0.3, -0.25) is 4.79 Å². The molecule has 7 heteroatoms. The molecule has 0 atom stereocenters. The SMILES string of the molecule is N#Cc1ccccc1NC(=O)c1nn[nH]n1. The number of H-pyrrole nitrogens is 1. The van der Waals surface area contributed by atoms with Crippen LogP contribution < -0.4 is 5.32 Å². The maximum atomic E-state index is 11.5. The van der Waals surface area contributed by atoms with E-state index >= 15 is 0 Å². The van der Waals surface area contributed by atoms with Crippen LogP contribution in [0.1, 0.15) is 16.2 Å². The number of nitriles is 1. The number of rotatable bonds is 2. The largest absolute Gasteiger partial charge is 0.318 e. The second-order valence-electron chi connectivity index (χ2n) is 2.85.